The van der Waals surface area contributed by atoms with Gasteiger partial charge in [-0.05, 0) is 89.8 Å². The van der Waals surface area contributed by atoms with Crippen molar-refractivity contribution in [1.82, 2.24) is 9.80 Å². The first kappa shape index (κ1) is 35.6. The van der Waals surface area contributed by atoms with Gasteiger partial charge in [-0.25, -0.2) is 4.79 Å². The van der Waals surface area contributed by atoms with Crippen molar-refractivity contribution in [2.45, 2.75) is 157 Å². The SMILES string of the molecule is C.CC=C(C)C(=O)OC1CC(C)(C)N(C)C(C)(C)C1.CCC(C)C(=O)OC1CC(C)(C)N(C)C(C)(C)C1. The number of hydrogen-bond donors (Lipinski definition) is 0. The van der Waals surface area contributed by atoms with Crippen LogP contribution in [0.1, 0.15) is 123 Å². The van der Waals surface area contributed by atoms with Crippen LogP contribution in [0.5, 0.6) is 0 Å². The number of likely N-dealkylation sites (tertiary alicyclic amines) is 2. The highest BCUT2D eigenvalue weighted by Crippen LogP contribution is 2.39. The van der Waals surface area contributed by atoms with Gasteiger partial charge in [-0.3, -0.25) is 14.6 Å². The predicted octanol–water partition coefficient (Wildman–Crippen LogP) is 7.01. The molecule has 0 saturated carbocycles. The van der Waals surface area contributed by atoms with Crippen LogP contribution >= 0.6 is 0 Å². The number of carbonyl (C=O) groups is 2. The molecule has 2 heterocycles. The maximum atomic E-state index is 11.9. The summed E-state index contributed by atoms with van der Waals surface area (Å²) in [6.45, 7) is 25.3. The summed E-state index contributed by atoms with van der Waals surface area (Å²) in [4.78, 5) is 28.5. The minimum absolute atomic E-state index is 0. The fraction of sp³-hybridized carbons (Fsp3) is 0.871. The third kappa shape index (κ3) is 9.38. The van der Waals surface area contributed by atoms with Crippen molar-refractivity contribution in [3.05, 3.63) is 11.6 Å². The molecule has 2 fully saturated rings. The average molecular weight is 525 g/mol. The number of carbonyl (C=O) groups excluding carboxylic acids is 2. The van der Waals surface area contributed by atoms with Crippen molar-refractivity contribution < 1.29 is 19.1 Å². The summed E-state index contributed by atoms with van der Waals surface area (Å²) in [5, 5.41) is 0. The highest BCUT2D eigenvalue weighted by Gasteiger charge is 2.45. The van der Waals surface area contributed by atoms with Crippen molar-refractivity contribution in [3.8, 4) is 0 Å². The van der Waals surface area contributed by atoms with E-state index >= 15 is 0 Å². The molecule has 1 unspecified atom stereocenters. The number of esters is 2. The van der Waals surface area contributed by atoms with Crippen LogP contribution in [0.4, 0.5) is 0 Å². The average Bonchev–Trinajstić information content (AvgIpc) is 2.74. The Bertz CT molecular complexity index is 761. The summed E-state index contributed by atoms with van der Waals surface area (Å²) < 4.78 is 11.3. The maximum absolute atomic E-state index is 11.9. The fourth-order valence-corrected chi connectivity index (χ4v) is 5.54. The Morgan fingerprint density at radius 3 is 1.43 bits per heavy atom. The predicted molar refractivity (Wildman–Crippen MR) is 156 cm³/mol. The number of nitrogens with zero attached hydrogens (tertiary/aromatic N) is 2. The van der Waals surface area contributed by atoms with Crippen molar-refractivity contribution in [1.29, 1.82) is 0 Å². The number of piperidine rings is 2. The van der Waals surface area contributed by atoms with Crippen LogP contribution in [0.25, 0.3) is 0 Å². The lowest BCUT2D eigenvalue weighted by Gasteiger charge is -2.53. The second kappa shape index (κ2) is 13.1. The lowest BCUT2D eigenvalue weighted by molar-refractivity contribution is -0.163. The largest absolute Gasteiger partial charge is 0.462 e. The summed E-state index contributed by atoms with van der Waals surface area (Å²) in [6.07, 6.45) is 6.29. The van der Waals surface area contributed by atoms with Crippen LogP contribution in [0, 0.1) is 5.92 Å². The molecule has 0 bridgehead atoms. The van der Waals surface area contributed by atoms with E-state index in [4.69, 9.17) is 9.47 Å². The molecule has 0 aliphatic carbocycles. The molecule has 1 atom stereocenters. The molecule has 0 amide bonds. The second-order valence-corrected chi connectivity index (χ2v) is 13.6. The fourth-order valence-electron chi connectivity index (χ4n) is 5.54. The quantitative estimate of drug-likeness (QED) is 0.285. The minimum Gasteiger partial charge on any atom is -0.462 e. The van der Waals surface area contributed by atoms with E-state index < -0.39 is 0 Å². The number of ether oxygens (including phenoxy) is 2. The van der Waals surface area contributed by atoms with Gasteiger partial charge in [0.25, 0.3) is 0 Å². The molecule has 2 aliphatic rings. The lowest BCUT2D eigenvalue weighted by atomic mass is 9.78. The normalized spacial score (nSPS) is 24.6. The zero-order valence-corrected chi connectivity index (χ0v) is 25.9. The third-order valence-electron chi connectivity index (χ3n) is 8.87. The highest BCUT2D eigenvalue weighted by atomic mass is 16.5. The maximum Gasteiger partial charge on any atom is 0.333 e. The Labute approximate surface area is 229 Å². The van der Waals surface area contributed by atoms with Crippen molar-refractivity contribution >= 4 is 11.9 Å². The first-order chi connectivity index (χ1) is 16.2. The van der Waals surface area contributed by atoms with E-state index in [9.17, 15) is 9.59 Å². The van der Waals surface area contributed by atoms with E-state index in [-0.39, 0.29) is 59.6 Å². The van der Waals surface area contributed by atoms with Gasteiger partial charge in [-0.1, -0.05) is 27.4 Å². The smallest absolute Gasteiger partial charge is 0.333 e. The monoisotopic (exact) mass is 524 g/mol. The third-order valence-corrected chi connectivity index (χ3v) is 8.87. The molecule has 2 rings (SSSR count). The van der Waals surface area contributed by atoms with E-state index in [0.29, 0.717) is 5.57 Å². The van der Waals surface area contributed by atoms with Gasteiger partial charge in [0.05, 0.1) is 5.92 Å². The minimum atomic E-state index is -0.182. The van der Waals surface area contributed by atoms with Crippen LogP contribution in [0.2, 0.25) is 0 Å². The first-order valence-electron chi connectivity index (χ1n) is 13.7. The molecule has 37 heavy (non-hydrogen) atoms. The summed E-state index contributed by atoms with van der Waals surface area (Å²) in [5.74, 6) is -0.215. The van der Waals surface area contributed by atoms with E-state index in [1.807, 2.05) is 20.8 Å². The molecule has 0 aromatic rings. The standard InChI is InChI=1S/C15H29NO2.C15H27NO2.CH4/c2*1-8-11(2)13(17)18-12-9-14(3,4)16(7)15(5,6)10-12;/h11-12H,8-10H2,1-7H3;8,12H,9-10H2,1-7H3;1H4. The zero-order valence-electron chi connectivity index (χ0n) is 25.9. The van der Waals surface area contributed by atoms with Gasteiger partial charge in [0.1, 0.15) is 12.2 Å². The molecule has 6 heteroatoms. The highest BCUT2D eigenvalue weighted by molar-refractivity contribution is 5.87. The first-order valence-corrected chi connectivity index (χ1v) is 13.7. The van der Waals surface area contributed by atoms with Crippen molar-refractivity contribution in [3.63, 3.8) is 0 Å². The Hall–Kier alpha value is -1.40. The summed E-state index contributed by atoms with van der Waals surface area (Å²) >= 11 is 0. The van der Waals surface area contributed by atoms with Gasteiger partial charge in [0, 0.05) is 53.4 Å². The summed E-state index contributed by atoms with van der Waals surface area (Å²) in [6, 6.07) is 0. The van der Waals surface area contributed by atoms with Crippen LogP contribution in [0.3, 0.4) is 0 Å². The molecule has 0 radical (unpaired) electrons. The van der Waals surface area contributed by atoms with Gasteiger partial charge in [-0.2, -0.15) is 0 Å². The Morgan fingerprint density at radius 1 is 0.811 bits per heavy atom. The summed E-state index contributed by atoms with van der Waals surface area (Å²) in [5.41, 5.74) is 0.932. The van der Waals surface area contributed by atoms with Gasteiger partial charge >= 0.3 is 11.9 Å². The molecular weight excluding hydrogens is 464 g/mol. The van der Waals surface area contributed by atoms with E-state index in [2.05, 4.69) is 79.3 Å². The number of hydrogen-bond acceptors (Lipinski definition) is 6. The molecule has 2 aliphatic heterocycles. The Morgan fingerprint density at radius 2 is 1.14 bits per heavy atom. The molecular formula is C31H60N2O4. The molecule has 2 saturated heterocycles. The lowest BCUT2D eigenvalue weighted by Crippen LogP contribution is -2.60. The van der Waals surface area contributed by atoms with Crippen LogP contribution < -0.4 is 0 Å². The van der Waals surface area contributed by atoms with E-state index in [1.165, 1.54) is 0 Å². The number of allylic oxidation sites excluding steroid dienone is 1. The van der Waals surface area contributed by atoms with Crippen LogP contribution in [-0.2, 0) is 19.1 Å². The van der Waals surface area contributed by atoms with Crippen molar-refractivity contribution in [2.24, 2.45) is 5.92 Å². The molecule has 218 valence electrons. The van der Waals surface area contributed by atoms with Gasteiger partial charge < -0.3 is 9.47 Å². The van der Waals surface area contributed by atoms with Crippen LogP contribution in [0.15, 0.2) is 11.6 Å². The summed E-state index contributed by atoms with van der Waals surface area (Å²) in [7, 11) is 4.31. The Balaban J connectivity index is 0.000000682. The second-order valence-electron chi connectivity index (χ2n) is 13.6. The zero-order chi connectivity index (χ0) is 28.3. The van der Waals surface area contributed by atoms with Crippen LogP contribution in [-0.4, -0.2) is 70.2 Å². The molecule has 0 aromatic heterocycles. The molecule has 0 aromatic carbocycles. The topological polar surface area (TPSA) is 59.1 Å². The van der Waals surface area contributed by atoms with E-state index in [0.717, 1.165) is 32.1 Å². The van der Waals surface area contributed by atoms with Gasteiger partial charge in [0.15, 0.2) is 0 Å². The van der Waals surface area contributed by atoms with E-state index in [1.54, 1.807) is 13.0 Å². The van der Waals surface area contributed by atoms with Gasteiger partial charge in [-0.15, -0.1) is 0 Å². The molecule has 0 N–H and O–H groups in total. The molecule has 6 nitrogen and oxygen atoms in total. The van der Waals surface area contributed by atoms with Crippen molar-refractivity contribution in [2.75, 3.05) is 14.1 Å². The van der Waals surface area contributed by atoms with Gasteiger partial charge in [0.2, 0.25) is 0 Å². The molecule has 0 spiro atoms. The Kier molecular flexibility index (Phi) is 12.6. The number of rotatable bonds is 5.